The number of aryl methyl sites for hydroxylation is 1. The Morgan fingerprint density at radius 1 is 1.32 bits per heavy atom. The molecule has 0 saturated heterocycles. The number of nitro benzene ring substituents is 1. The van der Waals surface area contributed by atoms with Gasteiger partial charge in [-0.3, -0.25) is 19.7 Å². The topological polar surface area (TPSA) is 140 Å². The van der Waals surface area contributed by atoms with Crippen LogP contribution in [0.3, 0.4) is 0 Å². The monoisotopic (exact) mass is 387 g/mol. The third-order valence-corrected chi connectivity index (χ3v) is 4.84. The van der Waals surface area contributed by atoms with Crippen molar-refractivity contribution >= 4 is 17.5 Å². The van der Waals surface area contributed by atoms with Crippen molar-refractivity contribution in [3.8, 4) is 0 Å². The van der Waals surface area contributed by atoms with Crippen molar-refractivity contribution in [2.45, 2.75) is 51.1 Å². The summed E-state index contributed by atoms with van der Waals surface area (Å²) in [6.45, 7) is 3.23. The summed E-state index contributed by atoms with van der Waals surface area (Å²) >= 11 is 0. The molecule has 1 heterocycles. The Kier molecular flexibility index (Phi) is 5.39. The molecule has 1 unspecified atom stereocenters. The summed E-state index contributed by atoms with van der Waals surface area (Å²) in [5.41, 5.74) is -0.792. The molecule has 1 aliphatic rings. The van der Waals surface area contributed by atoms with Gasteiger partial charge in [0.25, 0.3) is 11.6 Å². The molecule has 148 valence electrons. The Labute approximate surface area is 160 Å². The van der Waals surface area contributed by atoms with Gasteiger partial charge in [-0.05, 0) is 25.8 Å². The summed E-state index contributed by atoms with van der Waals surface area (Å²) in [5.74, 6) is -0.0963. The largest absolute Gasteiger partial charge is 0.341 e. The number of carbonyl (C=O) groups excluding carboxylic acids is 2. The summed E-state index contributed by atoms with van der Waals surface area (Å²) < 4.78 is 5.06. The number of aromatic nitrogens is 2. The molecule has 1 aromatic carbocycles. The van der Waals surface area contributed by atoms with E-state index < -0.39 is 22.4 Å². The predicted octanol–water partition coefficient (Wildman–Crippen LogP) is 1.99. The molecule has 10 nitrogen and oxygen atoms in total. The van der Waals surface area contributed by atoms with Gasteiger partial charge in [0.15, 0.2) is 5.82 Å². The van der Waals surface area contributed by atoms with Crippen LogP contribution >= 0.6 is 0 Å². The minimum absolute atomic E-state index is 0.109. The third kappa shape index (κ3) is 4.00. The van der Waals surface area contributed by atoms with E-state index in [1.165, 1.54) is 24.3 Å². The first kappa shape index (κ1) is 19.5. The molecule has 0 aliphatic heterocycles. The number of rotatable bonds is 6. The molecule has 2 amide bonds. The van der Waals surface area contributed by atoms with Crippen molar-refractivity contribution in [2.24, 2.45) is 0 Å². The zero-order valence-corrected chi connectivity index (χ0v) is 15.6. The molecule has 2 aromatic rings. The zero-order chi connectivity index (χ0) is 20.3. The standard InChI is InChI=1S/C18H21N5O5/c1-11(19-16(25)13-6-5-7-14(10-13)23(26)27)15(24)21-18(8-3-4-9-18)17-20-12(2)28-22-17/h5-7,10-11H,3-4,8-9H2,1-2H3,(H,19,25)(H,21,24). The second kappa shape index (κ2) is 7.75. The SMILES string of the molecule is Cc1nc(C2(NC(=O)C(C)NC(=O)c3cccc([N+](=O)[O-])c3)CCCC2)no1. The van der Waals surface area contributed by atoms with Crippen LogP contribution in [0.5, 0.6) is 0 Å². The molecule has 1 aliphatic carbocycles. The van der Waals surface area contributed by atoms with E-state index in [9.17, 15) is 19.7 Å². The van der Waals surface area contributed by atoms with Gasteiger partial charge in [-0.15, -0.1) is 0 Å². The van der Waals surface area contributed by atoms with Crippen LogP contribution in [-0.2, 0) is 10.3 Å². The Balaban J connectivity index is 1.69. The average Bonchev–Trinajstić information content (AvgIpc) is 3.31. The quantitative estimate of drug-likeness (QED) is 0.570. The van der Waals surface area contributed by atoms with E-state index in [0.29, 0.717) is 24.6 Å². The minimum Gasteiger partial charge on any atom is -0.341 e. The van der Waals surface area contributed by atoms with E-state index in [2.05, 4.69) is 20.8 Å². The van der Waals surface area contributed by atoms with Gasteiger partial charge in [0.05, 0.1) is 4.92 Å². The third-order valence-electron chi connectivity index (χ3n) is 4.84. The van der Waals surface area contributed by atoms with E-state index in [-0.39, 0.29) is 17.2 Å². The summed E-state index contributed by atoms with van der Waals surface area (Å²) in [5, 5.41) is 20.4. The molecule has 0 bridgehead atoms. The molecule has 10 heteroatoms. The molecule has 1 aromatic heterocycles. The molecule has 3 rings (SSSR count). The van der Waals surface area contributed by atoms with Crippen LogP contribution in [0.4, 0.5) is 5.69 Å². The number of non-ortho nitro benzene ring substituents is 1. The van der Waals surface area contributed by atoms with E-state index in [1.807, 2.05) is 0 Å². The van der Waals surface area contributed by atoms with E-state index in [1.54, 1.807) is 13.8 Å². The number of nitrogens with zero attached hydrogens (tertiary/aromatic N) is 3. The number of hydrogen-bond donors (Lipinski definition) is 2. The Morgan fingerprint density at radius 3 is 2.64 bits per heavy atom. The number of nitrogens with one attached hydrogen (secondary N) is 2. The lowest BCUT2D eigenvalue weighted by Gasteiger charge is -2.28. The first-order valence-corrected chi connectivity index (χ1v) is 8.99. The molecule has 0 spiro atoms. The van der Waals surface area contributed by atoms with Crippen molar-refractivity contribution in [1.29, 1.82) is 0 Å². The summed E-state index contributed by atoms with van der Waals surface area (Å²) in [6, 6.07) is 4.49. The minimum atomic E-state index is -0.850. The van der Waals surface area contributed by atoms with E-state index in [0.717, 1.165) is 12.8 Å². The van der Waals surface area contributed by atoms with E-state index >= 15 is 0 Å². The van der Waals surface area contributed by atoms with Crippen LogP contribution in [0.2, 0.25) is 0 Å². The fraction of sp³-hybridized carbons (Fsp3) is 0.444. The van der Waals surface area contributed by atoms with Gasteiger partial charge in [-0.25, -0.2) is 0 Å². The van der Waals surface area contributed by atoms with Gasteiger partial charge >= 0.3 is 0 Å². The van der Waals surface area contributed by atoms with Gasteiger partial charge in [-0.2, -0.15) is 4.98 Å². The average molecular weight is 387 g/mol. The molecule has 28 heavy (non-hydrogen) atoms. The van der Waals surface area contributed by atoms with Crippen molar-refractivity contribution in [3.63, 3.8) is 0 Å². The first-order valence-electron chi connectivity index (χ1n) is 8.99. The maximum atomic E-state index is 12.7. The number of amides is 2. The van der Waals surface area contributed by atoms with E-state index in [4.69, 9.17) is 4.52 Å². The fourth-order valence-corrected chi connectivity index (χ4v) is 3.33. The molecule has 1 saturated carbocycles. The van der Waals surface area contributed by atoms with Crippen molar-refractivity contribution < 1.29 is 19.0 Å². The number of benzene rings is 1. The summed E-state index contributed by atoms with van der Waals surface area (Å²) in [7, 11) is 0. The van der Waals surface area contributed by atoms with Crippen LogP contribution in [0.1, 0.15) is 54.7 Å². The van der Waals surface area contributed by atoms with Crippen molar-refractivity contribution in [1.82, 2.24) is 20.8 Å². The van der Waals surface area contributed by atoms with Gasteiger partial charge in [-0.1, -0.05) is 24.1 Å². The van der Waals surface area contributed by atoms with Crippen LogP contribution < -0.4 is 10.6 Å². The summed E-state index contributed by atoms with van der Waals surface area (Å²) in [4.78, 5) is 39.6. The molecule has 0 radical (unpaired) electrons. The second-order valence-electron chi connectivity index (χ2n) is 6.92. The number of nitro groups is 1. The van der Waals surface area contributed by atoms with Crippen LogP contribution in [-0.4, -0.2) is 32.9 Å². The second-order valence-corrected chi connectivity index (χ2v) is 6.92. The predicted molar refractivity (Wildman–Crippen MR) is 97.3 cm³/mol. The Bertz CT molecular complexity index is 903. The molecule has 1 atom stereocenters. The lowest BCUT2D eigenvalue weighted by atomic mass is 9.96. The number of carbonyl (C=O) groups is 2. The Hall–Kier alpha value is -3.30. The van der Waals surface area contributed by atoms with Gasteiger partial charge in [0, 0.05) is 24.6 Å². The molecular formula is C18H21N5O5. The highest BCUT2D eigenvalue weighted by Crippen LogP contribution is 2.37. The van der Waals surface area contributed by atoms with Crippen molar-refractivity contribution in [3.05, 3.63) is 51.7 Å². The molecule has 2 N–H and O–H groups in total. The normalized spacial score (nSPS) is 16.4. The maximum Gasteiger partial charge on any atom is 0.270 e. The highest BCUT2D eigenvalue weighted by molar-refractivity contribution is 5.98. The smallest absolute Gasteiger partial charge is 0.270 e. The number of hydrogen-bond acceptors (Lipinski definition) is 7. The lowest BCUT2D eigenvalue weighted by Crippen LogP contribution is -2.52. The fourth-order valence-electron chi connectivity index (χ4n) is 3.33. The van der Waals surface area contributed by atoms with Gasteiger partial charge in [0.2, 0.25) is 11.8 Å². The highest BCUT2D eigenvalue weighted by Gasteiger charge is 2.42. The molecular weight excluding hydrogens is 366 g/mol. The van der Waals surface area contributed by atoms with Gasteiger partial charge < -0.3 is 15.2 Å². The first-order chi connectivity index (χ1) is 13.3. The lowest BCUT2D eigenvalue weighted by molar-refractivity contribution is -0.384. The van der Waals surface area contributed by atoms with Crippen LogP contribution in [0, 0.1) is 17.0 Å². The highest BCUT2D eigenvalue weighted by atomic mass is 16.6. The zero-order valence-electron chi connectivity index (χ0n) is 15.6. The maximum absolute atomic E-state index is 12.7. The van der Waals surface area contributed by atoms with Crippen LogP contribution in [0.15, 0.2) is 28.8 Å². The van der Waals surface area contributed by atoms with Gasteiger partial charge in [0.1, 0.15) is 11.6 Å². The Morgan fingerprint density at radius 2 is 2.04 bits per heavy atom. The van der Waals surface area contributed by atoms with Crippen LogP contribution in [0.25, 0.3) is 0 Å². The summed E-state index contributed by atoms with van der Waals surface area (Å²) in [6.07, 6.45) is 3.21. The van der Waals surface area contributed by atoms with Crippen molar-refractivity contribution in [2.75, 3.05) is 0 Å². The molecule has 1 fully saturated rings.